The van der Waals surface area contributed by atoms with Crippen molar-refractivity contribution in [2.24, 2.45) is 0 Å². The Morgan fingerprint density at radius 1 is 1.19 bits per heavy atom. The highest BCUT2D eigenvalue weighted by atomic mass is 127. The minimum Gasteiger partial charge on any atom is -0.490 e. The monoisotopic (exact) mass is 436 g/mol. The Bertz CT molecular complexity index is 654. The van der Waals surface area contributed by atoms with Gasteiger partial charge < -0.3 is 9.47 Å². The number of carbonyl (C=O) groups is 1. The normalized spacial score (nSPS) is 10.5. The highest BCUT2D eigenvalue weighted by molar-refractivity contribution is 14.1. The summed E-state index contributed by atoms with van der Waals surface area (Å²) in [7, 11) is 0. The van der Waals surface area contributed by atoms with Crippen molar-refractivity contribution in [3.8, 4) is 11.5 Å². The predicted octanol–water partition coefficient (Wildman–Crippen LogP) is 5.03. The molecule has 0 unspecified atom stereocenters. The van der Waals surface area contributed by atoms with Crippen LogP contribution in [0.15, 0.2) is 23.6 Å². The van der Waals surface area contributed by atoms with Crippen LogP contribution in [0.3, 0.4) is 0 Å². The van der Waals surface area contributed by atoms with E-state index in [2.05, 4.69) is 22.6 Å². The Kier molecular flexibility index (Phi) is 5.89. The average molecular weight is 437 g/mol. The summed E-state index contributed by atoms with van der Waals surface area (Å²) in [6.07, 6.45) is 0. The lowest BCUT2D eigenvalue weighted by Crippen LogP contribution is -2.04. The molecule has 0 bridgehead atoms. The van der Waals surface area contributed by atoms with Crippen molar-refractivity contribution in [2.75, 3.05) is 13.2 Å². The number of benzene rings is 1. The van der Waals surface area contributed by atoms with Crippen LogP contribution in [-0.2, 0) is 0 Å². The molecule has 0 atom stereocenters. The second-order valence-corrected chi connectivity index (χ2v) is 7.33. The first kappa shape index (κ1) is 16.6. The summed E-state index contributed by atoms with van der Waals surface area (Å²) in [5, 5.41) is 2.20. The number of halogens is 2. The molecule has 0 aliphatic rings. The fourth-order valence-electron chi connectivity index (χ4n) is 1.83. The molecule has 0 radical (unpaired) electrons. The standard InChI is InChI=1S/C15H14ClIO3S/c1-3-19-12-6-10(11(16)7-13(12)20-4-2)15(18)9-5-14(17)21-8-9/h5-8H,3-4H2,1-2H3. The quantitative estimate of drug-likeness (QED) is 0.470. The summed E-state index contributed by atoms with van der Waals surface area (Å²) in [6, 6.07) is 5.14. The van der Waals surface area contributed by atoms with Crippen LogP contribution < -0.4 is 9.47 Å². The van der Waals surface area contributed by atoms with E-state index in [0.29, 0.717) is 40.9 Å². The van der Waals surface area contributed by atoms with Crippen LogP contribution in [0.1, 0.15) is 29.8 Å². The molecule has 0 aliphatic heterocycles. The van der Waals surface area contributed by atoms with Crippen LogP contribution in [0.2, 0.25) is 5.02 Å². The van der Waals surface area contributed by atoms with Crippen LogP contribution in [-0.4, -0.2) is 19.0 Å². The van der Waals surface area contributed by atoms with Crippen LogP contribution in [0, 0.1) is 2.88 Å². The van der Waals surface area contributed by atoms with E-state index in [4.69, 9.17) is 21.1 Å². The first-order chi connectivity index (χ1) is 10.1. The molecule has 0 amide bonds. The molecular weight excluding hydrogens is 423 g/mol. The van der Waals surface area contributed by atoms with Crippen LogP contribution in [0.25, 0.3) is 0 Å². The van der Waals surface area contributed by atoms with Gasteiger partial charge in [0.2, 0.25) is 0 Å². The van der Waals surface area contributed by atoms with E-state index in [1.54, 1.807) is 12.1 Å². The number of ether oxygens (including phenoxy) is 2. The largest absolute Gasteiger partial charge is 0.490 e. The lowest BCUT2D eigenvalue weighted by Gasteiger charge is -2.13. The molecule has 0 N–H and O–H groups in total. The van der Waals surface area contributed by atoms with Gasteiger partial charge in [0.25, 0.3) is 0 Å². The first-order valence-electron chi connectivity index (χ1n) is 6.44. The number of carbonyl (C=O) groups excluding carboxylic acids is 1. The Balaban J connectivity index is 2.43. The minimum absolute atomic E-state index is 0.108. The Morgan fingerprint density at radius 3 is 2.33 bits per heavy atom. The van der Waals surface area contributed by atoms with Crippen molar-refractivity contribution < 1.29 is 14.3 Å². The number of hydrogen-bond donors (Lipinski definition) is 0. The van der Waals surface area contributed by atoms with E-state index in [1.165, 1.54) is 11.3 Å². The third kappa shape index (κ3) is 3.90. The maximum Gasteiger partial charge on any atom is 0.195 e. The minimum atomic E-state index is -0.108. The number of rotatable bonds is 6. The zero-order valence-corrected chi connectivity index (χ0v) is 15.3. The van der Waals surface area contributed by atoms with Gasteiger partial charge in [-0.3, -0.25) is 4.79 Å². The van der Waals surface area contributed by atoms with Gasteiger partial charge in [-0.2, -0.15) is 0 Å². The Labute approximate surface area is 146 Å². The van der Waals surface area contributed by atoms with Gasteiger partial charge in [-0.1, -0.05) is 11.6 Å². The van der Waals surface area contributed by atoms with Crippen molar-refractivity contribution in [1.82, 2.24) is 0 Å². The van der Waals surface area contributed by atoms with Crippen LogP contribution >= 0.6 is 45.5 Å². The van der Waals surface area contributed by atoms with E-state index in [-0.39, 0.29) is 5.78 Å². The third-order valence-electron chi connectivity index (χ3n) is 2.71. The molecule has 1 aromatic carbocycles. The van der Waals surface area contributed by atoms with Gasteiger partial charge in [0, 0.05) is 22.6 Å². The molecule has 0 spiro atoms. The molecule has 3 nitrogen and oxygen atoms in total. The Hall–Kier alpha value is -0.790. The molecule has 112 valence electrons. The number of ketones is 1. The van der Waals surface area contributed by atoms with E-state index < -0.39 is 0 Å². The zero-order valence-electron chi connectivity index (χ0n) is 11.6. The van der Waals surface area contributed by atoms with Gasteiger partial charge in [0.15, 0.2) is 17.3 Å². The summed E-state index contributed by atoms with van der Waals surface area (Å²) in [4.78, 5) is 12.5. The van der Waals surface area contributed by atoms with Crippen molar-refractivity contribution in [3.05, 3.63) is 42.6 Å². The molecule has 0 fully saturated rings. The van der Waals surface area contributed by atoms with E-state index >= 15 is 0 Å². The summed E-state index contributed by atoms with van der Waals surface area (Å²) < 4.78 is 12.1. The maximum absolute atomic E-state index is 12.5. The summed E-state index contributed by atoms with van der Waals surface area (Å²) in [6.45, 7) is 4.77. The summed E-state index contributed by atoms with van der Waals surface area (Å²) in [5.74, 6) is 0.987. The Morgan fingerprint density at radius 2 is 1.81 bits per heavy atom. The van der Waals surface area contributed by atoms with Gasteiger partial charge in [0.05, 0.1) is 21.1 Å². The van der Waals surface area contributed by atoms with Gasteiger partial charge >= 0.3 is 0 Å². The number of hydrogen-bond acceptors (Lipinski definition) is 4. The predicted molar refractivity (Wildman–Crippen MR) is 94.3 cm³/mol. The van der Waals surface area contributed by atoms with Crippen molar-refractivity contribution in [3.63, 3.8) is 0 Å². The molecule has 6 heteroatoms. The SMILES string of the molecule is CCOc1cc(Cl)c(C(=O)c2csc(I)c2)cc1OCC. The second kappa shape index (κ2) is 7.47. The van der Waals surface area contributed by atoms with E-state index in [9.17, 15) is 4.79 Å². The molecule has 0 saturated heterocycles. The van der Waals surface area contributed by atoms with Gasteiger partial charge in [-0.25, -0.2) is 0 Å². The van der Waals surface area contributed by atoms with E-state index in [1.807, 2.05) is 25.3 Å². The summed E-state index contributed by atoms with van der Waals surface area (Å²) in [5.41, 5.74) is 1.07. The molecule has 0 saturated carbocycles. The highest BCUT2D eigenvalue weighted by Gasteiger charge is 2.18. The third-order valence-corrected chi connectivity index (χ3v) is 4.81. The molecule has 0 aliphatic carbocycles. The fraction of sp³-hybridized carbons (Fsp3) is 0.267. The lowest BCUT2D eigenvalue weighted by molar-refractivity contribution is 0.103. The average Bonchev–Trinajstić information content (AvgIpc) is 2.88. The van der Waals surface area contributed by atoms with Gasteiger partial charge in [0.1, 0.15) is 0 Å². The molecule has 1 aromatic heterocycles. The smallest absolute Gasteiger partial charge is 0.195 e. The molecular formula is C15H14ClIO3S. The van der Waals surface area contributed by atoms with Crippen molar-refractivity contribution in [2.45, 2.75) is 13.8 Å². The zero-order chi connectivity index (χ0) is 15.4. The first-order valence-corrected chi connectivity index (χ1v) is 8.78. The van der Waals surface area contributed by atoms with Crippen LogP contribution in [0.4, 0.5) is 0 Å². The maximum atomic E-state index is 12.5. The highest BCUT2D eigenvalue weighted by Crippen LogP contribution is 2.35. The molecule has 21 heavy (non-hydrogen) atoms. The lowest BCUT2D eigenvalue weighted by atomic mass is 10.1. The van der Waals surface area contributed by atoms with Crippen molar-refractivity contribution in [1.29, 1.82) is 0 Å². The van der Waals surface area contributed by atoms with E-state index in [0.717, 1.165) is 2.88 Å². The second-order valence-electron chi connectivity index (χ2n) is 4.11. The number of thiophene rings is 1. The van der Waals surface area contributed by atoms with Crippen molar-refractivity contribution >= 4 is 51.3 Å². The molecule has 1 heterocycles. The fourth-order valence-corrected chi connectivity index (χ4v) is 3.40. The van der Waals surface area contributed by atoms with Gasteiger partial charge in [-0.15, -0.1) is 11.3 Å². The van der Waals surface area contributed by atoms with Gasteiger partial charge in [-0.05, 0) is 48.6 Å². The van der Waals surface area contributed by atoms with Crippen LogP contribution in [0.5, 0.6) is 11.5 Å². The molecule has 2 aromatic rings. The topological polar surface area (TPSA) is 35.5 Å². The molecule has 2 rings (SSSR count). The summed E-state index contributed by atoms with van der Waals surface area (Å²) >= 11 is 9.95.